The minimum Gasteiger partial charge on any atom is -0.383 e. The molecule has 1 heterocycles. The molecule has 0 saturated heterocycles. The van der Waals surface area contributed by atoms with Crippen LogP contribution in [0.4, 0.5) is 11.6 Å². The smallest absolute Gasteiger partial charge is 0.239 e. The molecule has 0 fully saturated rings. The van der Waals surface area contributed by atoms with Gasteiger partial charge in [0.2, 0.25) is 5.91 Å². The number of nitrogen functional groups attached to an aromatic ring is 1. The van der Waals surface area contributed by atoms with Gasteiger partial charge in [-0.1, -0.05) is 13.8 Å². The van der Waals surface area contributed by atoms with Crippen molar-refractivity contribution in [2.24, 2.45) is 5.84 Å². The maximum Gasteiger partial charge on any atom is 0.239 e. The Labute approximate surface area is 125 Å². The summed E-state index contributed by atoms with van der Waals surface area (Å²) >= 11 is 0. The summed E-state index contributed by atoms with van der Waals surface area (Å²) in [4.78, 5) is 22.3. The molecule has 118 valence electrons. The standard InChI is InChI=1S/C13H24N6O2/c1-9(2)13-16-10(18-14)7-11(17-13)19(3)8-12(20)15-5-6-21-4/h7,9H,5-6,8,14H2,1-4H3,(H,15,20)(H,16,17,18). The first kappa shape index (κ1) is 17.1. The van der Waals surface area contributed by atoms with Crippen LogP contribution in [0.25, 0.3) is 0 Å². The minimum atomic E-state index is -0.0958. The highest BCUT2D eigenvalue weighted by Gasteiger charge is 2.13. The third-order valence-corrected chi connectivity index (χ3v) is 2.79. The number of carbonyl (C=O) groups is 1. The van der Waals surface area contributed by atoms with Gasteiger partial charge in [-0.3, -0.25) is 4.79 Å². The molecule has 0 radical (unpaired) electrons. The molecule has 0 aliphatic heterocycles. The normalized spacial score (nSPS) is 10.6. The number of rotatable bonds is 8. The van der Waals surface area contributed by atoms with Crippen LogP contribution in [0.5, 0.6) is 0 Å². The average molecular weight is 296 g/mol. The minimum absolute atomic E-state index is 0.0958. The zero-order chi connectivity index (χ0) is 15.8. The Hall–Kier alpha value is -1.93. The van der Waals surface area contributed by atoms with Gasteiger partial charge < -0.3 is 20.4 Å². The maximum absolute atomic E-state index is 11.8. The molecule has 8 nitrogen and oxygen atoms in total. The van der Waals surface area contributed by atoms with Gasteiger partial charge in [0.05, 0.1) is 13.2 Å². The van der Waals surface area contributed by atoms with E-state index in [-0.39, 0.29) is 18.4 Å². The van der Waals surface area contributed by atoms with Crippen LogP contribution >= 0.6 is 0 Å². The number of ether oxygens (including phenoxy) is 1. The van der Waals surface area contributed by atoms with Gasteiger partial charge in [0.25, 0.3) is 0 Å². The van der Waals surface area contributed by atoms with Crippen LogP contribution in [0.1, 0.15) is 25.6 Å². The number of methoxy groups -OCH3 is 1. The van der Waals surface area contributed by atoms with Crippen LogP contribution in [0.15, 0.2) is 6.07 Å². The lowest BCUT2D eigenvalue weighted by Crippen LogP contribution is -2.37. The van der Waals surface area contributed by atoms with Crippen molar-refractivity contribution in [3.05, 3.63) is 11.9 Å². The van der Waals surface area contributed by atoms with Gasteiger partial charge in [0, 0.05) is 32.7 Å². The van der Waals surface area contributed by atoms with E-state index in [0.29, 0.717) is 30.6 Å². The molecule has 8 heteroatoms. The van der Waals surface area contributed by atoms with Crippen molar-refractivity contribution >= 4 is 17.5 Å². The van der Waals surface area contributed by atoms with Gasteiger partial charge >= 0.3 is 0 Å². The van der Waals surface area contributed by atoms with Crippen LogP contribution in [-0.2, 0) is 9.53 Å². The average Bonchev–Trinajstić information content (AvgIpc) is 2.46. The number of aromatic nitrogens is 2. The van der Waals surface area contributed by atoms with Crippen molar-refractivity contribution in [1.82, 2.24) is 15.3 Å². The van der Waals surface area contributed by atoms with Gasteiger partial charge in [0.15, 0.2) is 0 Å². The van der Waals surface area contributed by atoms with E-state index in [1.807, 2.05) is 13.8 Å². The van der Waals surface area contributed by atoms with E-state index in [9.17, 15) is 4.79 Å². The number of hydrogen-bond acceptors (Lipinski definition) is 7. The molecule has 0 bridgehead atoms. The fraction of sp³-hybridized carbons (Fsp3) is 0.615. The molecule has 0 aliphatic rings. The number of hydrazine groups is 1. The van der Waals surface area contributed by atoms with Crippen molar-refractivity contribution < 1.29 is 9.53 Å². The lowest BCUT2D eigenvalue weighted by atomic mass is 10.2. The third kappa shape index (κ3) is 5.52. The molecule has 0 unspecified atom stereocenters. The molecular weight excluding hydrogens is 272 g/mol. The molecule has 1 aromatic rings. The zero-order valence-corrected chi connectivity index (χ0v) is 13.0. The molecule has 0 atom stereocenters. The molecule has 0 saturated carbocycles. The van der Waals surface area contributed by atoms with Crippen molar-refractivity contribution in [2.75, 3.05) is 44.2 Å². The van der Waals surface area contributed by atoms with E-state index in [0.717, 1.165) is 0 Å². The number of nitrogens with two attached hydrogens (primary N) is 1. The Kier molecular flexibility index (Phi) is 6.83. The summed E-state index contributed by atoms with van der Waals surface area (Å²) in [7, 11) is 3.39. The Morgan fingerprint density at radius 1 is 1.48 bits per heavy atom. The monoisotopic (exact) mass is 296 g/mol. The Morgan fingerprint density at radius 2 is 2.19 bits per heavy atom. The third-order valence-electron chi connectivity index (χ3n) is 2.79. The Balaban J connectivity index is 2.74. The summed E-state index contributed by atoms with van der Waals surface area (Å²) in [6.45, 7) is 5.16. The van der Waals surface area contributed by atoms with E-state index in [1.165, 1.54) is 0 Å². The quantitative estimate of drug-likeness (QED) is 0.354. The SMILES string of the molecule is COCCNC(=O)CN(C)c1cc(NN)nc(C(C)C)n1. The number of anilines is 2. The highest BCUT2D eigenvalue weighted by atomic mass is 16.5. The van der Waals surface area contributed by atoms with Crippen molar-refractivity contribution in [2.45, 2.75) is 19.8 Å². The van der Waals surface area contributed by atoms with Crippen LogP contribution in [0, 0.1) is 0 Å². The predicted molar refractivity (Wildman–Crippen MR) is 82.1 cm³/mol. The lowest BCUT2D eigenvalue weighted by molar-refractivity contribution is -0.119. The fourth-order valence-corrected chi connectivity index (χ4v) is 1.63. The van der Waals surface area contributed by atoms with Crippen molar-refractivity contribution in [3.63, 3.8) is 0 Å². The summed E-state index contributed by atoms with van der Waals surface area (Å²) in [6.07, 6.45) is 0. The summed E-state index contributed by atoms with van der Waals surface area (Å²) in [6, 6.07) is 1.70. The fourth-order valence-electron chi connectivity index (χ4n) is 1.63. The lowest BCUT2D eigenvalue weighted by Gasteiger charge is -2.19. The number of nitrogens with one attached hydrogen (secondary N) is 2. The second-order valence-electron chi connectivity index (χ2n) is 4.97. The Bertz CT molecular complexity index is 466. The number of nitrogens with zero attached hydrogens (tertiary/aromatic N) is 3. The molecule has 1 rings (SSSR count). The summed E-state index contributed by atoms with van der Waals surface area (Å²) in [5.41, 5.74) is 2.52. The van der Waals surface area contributed by atoms with Gasteiger partial charge in [0.1, 0.15) is 17.5 Å². The molecule has 1 amide bonds. The van der Waals surface area contributed by atoms with Gasteiger partial charge in [-0.15, -0.1) is 0 Å². The van der Waals surface area contributed by atoms with E-state index in [4.69, 9.17) is 10.6 Å². The first-order chi connectivity index (χ1) is 9.97. The van der Waals surface area contributed by atoms with E-state index in [2.05, 4.69) is 20.7 Å². The molecule has 0 aromatic carbocycles. The first-order valence-electron chi connectivity index (χ1n) is 6.80. The molecular formula is C13H24N6O2. The maximum atomic E-state index is 11.8. The molecule has 0 aliphatic carbocycles. The summed E-state index contributed by atoms with van der Waals surface area (Å²) in [5, 5.41) is 2.76. The second kappa shape index (κ2) is 8.38. The molecule has 1 aromatic heterocycles. The molecule has 4 N–H and O–H groups in total. The first-order valence-corrected chi connectivity index (χ1v) is 6.80. The topological polar surface area (TPSA) is 105 Å². The largest absolute Gasteiger partial charge is 0.383 e. The van der Waals surface area contributed by atoms with Crippen LogP contribution in [-0.4, -0.2) is 49.7 Å². The molecule has 0 spiro atoms. The van der Waals surface area contributed by atoms with Crippen LogP contribution < -0.4 is 21.5 Å². The van der Waals surface area contributed by atoms with Gasteiger partial charge in [-0.2, -0.15) is 0 Å². The van der Waals surface area contributed by atoms with E-state index >= 15 is 0 Å². The predicted octanol–water partition coefficient (Wildman–Crippen LogP) is 0.0844. The van der Waals surface area contributed by atoms with Crippen LogP contribution in [0.3, 0.4) is 0 Å². The highest BCUT2D eigenvalue weighted by molar-refractivity contribution is 5.81. The van der Waals surface area contributed by atoms with E-state index in [1.54, 1.807) is 25.1 Å². The van der Waals surface area contributed by atoms with Gasteiger partial charge in [-0.25, -0.2) is 15.8 Å². The summed E-state index contributed by atoms with van der Waals surface area (Å²) in [5.74, 6) is 7.33. The van der Waals surface area contributed by atoms with E-state index < -0.39 is 0 Å². The highest BCUT2D eigenvalue weighted by Crippen LogP contribution is 2.18. The number of amides is 1. The van der Waals surface area contributed by atoms with Gasteiger partial charge in [-0.05, 0) is 0 Å². The van der Waals surface area contributed by atoms with Crippen molar-refractivity contribution in [1.29, 1.82) is 0 Å². The number of likely N-dealkylation sites (N-methyl/N-ethyl adjacent to an activating group) is 1. The molecule has 21 heavy (non-hydrogen) atoms. The number of carbonyl (C=O) groups excluding carboxylic acids is 1. The number of hydrogen-bond donors (Lipinski definition) is 3. The Morgan fingerprint density at radius 3 is 2.76 bits per heavy atom. The zero-order valence-electron chi connectivity index (χ0n) is 13.0. The second-order valence-corrected chi connectivity index (χ2v) is 4.97. The van der Waals surface area contributed by atoms with Crippen LogP contribution in [0.2, 0.25) is 0 Å². The summed E-state index contributed by atoms with van der Waals surface area (Å²) < 4.78 is 4.88. The van der Waals surface area contributed by atoms with Crippen molar-refractivity contribution in [3.8, 4) is 0 Å².